The van der Waals surface area contributed by atoms with Gasteiger partial charge in [-0.15, -0.1) is 0 Å². The molecule has 3 aromatic heterocycles. The summed E-state index contributed by atoms with van der Waals surface area (Å²) in [6, 6.07) is 9.37. The van der Waals surface area contributed by atoms with E-state index in [1.54, 1.807) is 16.6 Å². The molecule has 0 spiro atoms. The summed E-state index contributed by atoms with van der Waals surface area (Å²) in [5.74, 6) is 0.809. The van der Waals surface area contributed by atoms with E-state index in [0.717, 1.165) is 43.5 Å². The zero-order valence-electron chi connectivity index (χ0n) is 23.2. The van der Waals surface area contributed by atoms with Crippen LogP contribution in [0.2, 0.25) is 0 Å². The third kappa shape index (κ3) is 5.12. The van der Waals surface area contributed by atoms with Crippen molar-refractivity contribution < 1.29 is 19.1 Å². The number of fused-ring (bicyclic) bond motifs is 1. The van der Waals surface area contributed by atoms with Crippen molar-refractivity contribution >= 4 is 23.0 Å². The van der Waals surface area contributed by atoms with Crippen LogP contribution in [0.3, 0.4) is 0 Å². The smallest absolute Gasteiger partial charge is 0.255 e. The molecule has 0 aromatic carbocycles. The number of halogens is 1. The number of hydrogen-bond donors (Lipinski definition) is 4. The molecule has 2 amide bonds. The fraction of sp³-hybridized carbons (Fsp3) is 0.500. The van der Waals surface area contributed by atoms with Gasteiger partial charge in [0.25, 0.3) is 5.91 Å². The van der Waals surface area contributed by atoms with Crippen molar-refractivity contribution in [3.05, 3.63) is 47.8 Å². The third-order valence-corrected chi connectivity index (χ3v) is 8.92. The quantitative estimate of drug-likeness (QED) is 0.299. The lowest BCUT2D eigenvalue weighted by Gasteiger charge is -2.60. The van der Waals surface area contributed by atoms with Gasteiger partial charge >= 0.3 is 0 Å². The van der Waals surface area contributed by atoms with E-state index in [0.29, 0.717) is 35.1 Å². The maximum atomic E-state index is 14.3. The van der Waals surface area contributed by atoms with Crippen molar-refractivity contribution in [1.82, 2.24) is 25.2 Å². The highest BCUT2D eigenvalue weighted by molar-refractivity contribution is 6.00. The average Bonchev–Trinajstić information content (AvgIpc) is 3.28. The molecule has 1 atom stereocenters. The maximum absolute atomic E-state index is 14.3. The first-order valence-electron chi connectivity index (χ1n) is 14.1. The van der Waals surface area contributed by atoms with Crippen molar-refractivity contribution in [2.24, 2.45) is 17.3 Å². The van der Waals surface area contributed by atoms with E-state index in [1.165, 1.54) is 26.2 Å². The number of nitrogens with zero attached hydrogens (tertiary/aromatic N) is 4. The summed E-state index contributed by atoms with van der Waals surface area (Å²) in [5, 5.41) is 32.6. The van der Waals surface area contributed by atoms with Crippen LogP contribution in [0, 0.1) is 28.6 Å². The highest BCUT2D eigenvalue weighted by Crippen LogP contribution is 2.64. The highest BCUT2D eigenvalue weighted by atomic mass is 19.1. The van der Waals surface area contributed by atoms with E-state index >= 15 is 0 Å². The van der Waals surface area contributed by atoms with Gasteiger partial charge in [-0.3, -0.25) is 14.6 Å². The van der Waals surface area contributed by atoms with Gasteiger partial charge in [-0.25, -0.2) is 8.91 Å². The summed E-state index contributed by atoms with van der Waals surface area (Å²) in [7, 11) is 0. The van der Waals surface area contributed by atoms with E-state index in [1.807, 2.05) is 12.1 Å². The Bertz CT molecular complexity index is 1530. The molecular formula is C30H34FN7O3. The Morgan fingerprint density at radius 1 is 1.22 bits per heavy atom. The number of hydrogen-bond acceptors (Lipinski definition) is 7. The van der Waals surface area contributed by atoms with Crippen LogP contribution in [-0.2, 0) is 4.79 Å². The zero-order valence-corrected chi connectivity index (χ0v) is 23.2. The van der Waals surface area contributed by atoms with Crippen LogP contribution in [0.15, 0.2) is 36.7 Å². The van der Waals surface area contributed by atoms with Gasteiger partial charge < -0.3 is 21.1 Å². The van der Waals surface area contributed by atoms with Crippen LogP contribution in [0.1, 0.15) is 61.9 Å². The molecule has 4 aliphatic carbocycles. The van der Waals surface area contributed by atoms with Gasteiger partial charge in [0.1, 0.15) is 12.2 Å². The van der Waals surface area contributed by atoms with Gasteiger partial charge in [-0.05, 0) is 82.1 Å². The molecule has 0 aliphatic heterocycles. The summed E-state index contributed by atoms with van der Waals surface area (Å²) in [5.41, 5.74) is 1.59. The Hall–Kier alpha value is -4.04. The van der Waals surface area contributed by atoms with E-state index in [9.17, 15) is 24.3 Å². The second-order valence-electron chi connectivity index (χ2n) is 12.5. The number of aromatic nitrogens is 3. The molecule has 3 aromatic rings. The normalized spacial score (nSPS) is 25.2. The molecule has 4 aliphatic rings. The van der Waals surface area contributed by atoms with E-state index < -0.39 is 17.7 Å². The number of nitriles is 1. The molecule has 0 radical (unpaired) electrons. The third-order valence-electron chi connectivity index (χ3n) is 8.92. The number of nitrogens with one attached hydrogen (secondary N) is 3. The number of alkyl halides is 1. The molecular weight excluding hydrogens is 525 g/mol. The first kappa shape index (κ1) is 27.1. The number of carbonyl (C=O) groups excluding carboxylic acids is 2. The van der Waals surface area contributed by atoms with Crippen molar-refractivity contribution in [1.29, 1.82) is 5.26 Å². The molecule has 11 heteroatoms. The fourth-order valence-corrected chi connectivity index (χ4v) is 6.10. The van der Waals surface area contributed by atoms with Gasteiger partial charge in [-0.2, -0.15) is 10.4 Å². The first-order valence-corrected chi connectivity index (χ1v) is 14.1. The molecule has 4 saturated carbocycles. The molecule has 41 heavy (non-hydrogen) atoms. The molecule has 3 heterocycles. The van der Waals surface area contributed by atoms with Crippen molar-refractivity contribution in [2.45, 2.75) is 63.8 Å². The Morgan fingerprint density at radius 3 is 2.63 bits per heavy atom. The van der Waals surface area contributed by atoms with E-state index in [4.69, 9.17) is 0 Å². The minimum absolute atomic E-state index is 0.0837. The molecule has 0 saturated heterocycles. The summed E-state index contributed by atoms with van der Waals surface area (Å²) in [6.45, 7) is 3.02. The Balaban J connectivity index is 1.17. The van der Waals surface area contributed by atoms with Gasteiger partial charge in [-0.1, -0.05) is 0 Å². The number of amides is 2. The summed E-state index contributed by atoms with van der Waals surface area (Å²) in [6.07, 6.45) is 6.08. The van der Waals surface area contributed by atoms with Crippen LogP contribution in [0.4, 0.5) is 10.1 Å². The number of anilines is 1. The number of rotatable bonds is 10. The van der Waals surface area contributed by atoms with Crippen LogP contribution in [0.5, 0.6) is 0 Å². The average molecular weight is 560 g/mol. The van der Waals surface area contributed by atoms with Gasteiger partial charge in [0.05, 0.1) is 52.1 Å². The van der Waals surface area contributed by atoms with E-state index in [2.05, 4.69) is 32.1 Å². The Morgan fingerprint density at radius 2 is 1.98 bits per heavy atom. The topological polar surface area (TPSA) is 144 Å². The van der Waals surface area contributed by atoms with Crippen LogP contribution in [0.25, 0.3) is 16.9 Å². The number of pyridine rings is 1. The molecule has 4 fully saturated rings. The second-order valence-corrected chi connectivity index (χ2v) is 12.5. The Kier molecular flexibility index (Phi) is 6.69. The van der Waals surface area contributed by atoms with Crippen LogP contribution < -0.4 is 16.0 Å². The first-order chi connectivity index (χ1) is 19.5. The van der Waals surface area contributed by atoms with Crippen LogP contribution >= 0.6 is 0 Å². The molecule has 7 rings (SSSR count). The Labute approximate surface area is 237 Å². The molecule has 10 nitrogen and oxygen atoms in total. The van der Waals surface area contributed by atoms with E-state index in [-0.39, 0.29) is 29.5 Å². The summed E-state index contributed by atoms with van der Waals surface area (Å²) in [4.78, 5) is 30.1. The fourth-order valence-electron chi connectivity index (χ4n) is 6.10. The van der Waals surface area contributed by atoms with Crippen molar-refractivity contribution in [3.8, 4) is 17.5 Å². The monoisotopic (exact) mass is 559 g/mol. The lowest BCUT2D eigenvalue weighted by atomic mass is 9.44. The molecule has 4 N–H and O–H groups in total. The standard InChI is InChI=1S/C30H34FN7O3/c1-29(2,41)26(31)16-34-27(39)22-15-33-24(25-4-3-21-7-18(12-32)14-36-38(21)25)8-23(22)37-20-5-17(6-20)13-35-28(40)30-9-19(10-30)11-30/h3-4,7-8,14-15,17,19-20,26,41H,5-6,9-11,13,16H2,1-2H3,(H,33,37)(H,34,39)(H,35,40)/t17-,19?,20-,26-,30?/m1/s1. The minimum Gasteiger partial charge on any atom is -0.387 e. The second kappa shape index (κ2) is 10.1. The largest absolute Gasteiger partial charge is 0.387 e. The molecule has 0 unspecified atom stereocenters. The van der Waals surface area contributed by atoms with Crippen molar-refractivity contribution in [2.75, 3.05) is 18.4 Å². The summed E-state index contributed by atoms with van der Waals surface area (Å²) < 4.78 is 16.0. The predicted molar refractivity (Wildman–Crippen MR) is 150 cm³/mol. The number of aliphatic hydroxyl groups is 1. The molecule has 214 valence electrons. The van der Waals surface area contributed by atoms with Crippen molar-refractivity contribution in [3.63, 3.8) is 0 Å². The lowest BCUT2D eigenvalue weighted by molar-refractivity contribution is -0.165. The zero-order chi connectivity index (χ0) is 28.9. The lowest BCUT2D eigenvalue weighted by Crippen LogP contribution is -2.61. The number of carbonyl (C=O) groups is 2. The van der Waals surface area contributed by atoms with Gasteiger partial charge in [0, 0.05) is 24.2 Å². The maximum Gasteiger partial charge on any atom is 0.255 e. The predicted octanol–water partition coefficient (Wildman–Crippen LogP) is 3.21. The SMILES string of the molecule is CC(C)(O)[C@H](F)CNC(=O)c1cnc(-c2ccc3cc(C#N)cnn23)cc1N[C@H]1C[C@H](CNC(=O)C23CC(C2)C3)C1. The van der Waals surface area contributed by atoms with Crippen LogP contribution in [-0.4, -0.2) is 62.4 Å². The highest BCUT2D eigenvalue weighted by Gasteiger charge is 2.61. The van der Waals surface area contributed by atoms with Gasteiger partial charge in [0.2, 0.25) is 5.91 Å². The minimum atomic E-state index is -1.64. The van der Waals surface area contributed by atoms with Gasteiger partial charge in [0.15, 0.2) is 0 Å². The summed E-state index contributed by atoms with van der Waals surface area (Å²) >= 11 is 0. The molecule has 2 bridgehead atoms.